The number of esters is 1. The molecule has 1 aliphatic heterocycles. The van der Waals surface area contributed by atoms with Crippen molar-refractivity contribution < 1.29 is 19.1 Å². The van der Waals surface area contributed by atoms with Crippen LogP contribution in [0.5, 0.6) is 5.75 Å². The largest absolute Gasteiger partial charge is 0.487 e. The van der Waals surface area contributed by atoms with Gasteiger partial charge in [-0.25, -0.2) is 4.79 Å². The predicted octanol–water partition coefficient (Wildman–Crippen LogP) is 5.97. The standard InChI is InChI=1S/C29H24ClNO4/c1-16-7-6-8-18(13-16)15-35-23-12-11-19(14-22(23)30)25-24(29(33)34-3)17(2)31-27-20-9-4-5-10-21(20)28(32)26(25)27/h4-14,25,31H,15H2,1-3H3/t25-/m1/s1. The number of methoxy groups -OCH3 is 1. The molecule has 176 valence electrons. The number of aryl methyl sites for hydroxylation is 1. The molecule has 0 amide bonds. The normalized spacial score (nSPS) is 16.6. The van der Waals surface area contributed by atoms with E-state index in [1.165, 1.54) is 7.11 Å². The van der Waals surface area contributed by atoms with Crippen molar-refractivity contribution in [1.82, 2.24) is 5.32 Å². The van der Waals surface area contributed by atoms with Crippen molar-refractivity contribution in [2.24, 2.45) is 0 Å². The third-order valence-corrected chi connectivity index (χ3v) is 6.72. The van der Waals surface area contributed by atoms with Gasteiger partial charge in [0, 0.05) is 28.3 Å². The van der Waals surface area contributed by atoms with Crippen LogP contribution in [0.25, 0.3) is 5.70 Å². The molecule has 0 saturated carbocycles. The Morgan fingerprint density at radius 3 is 2.49 bits per heavy atom. The van der Waals surface area contributed by atoms with E-state index in [4.69, 9.17) is 21.1 Å². The molecule has 5 rings (SSSR count). The number of ether oxygens (including phenoxy) is 2. The molecule has 1 aliphatic carbocycles. The van der Waals surface area contributed by atoms with Crippen LogP contribution < -0.4 is 10.1 Å². The summed E-state index contributed by atoms with van der Waals surface area (Å²) in [6.07, 6.45) is 0. The highest BCUT2D eigenvalue weighted by molar-refractivity contribution is 6.32. The maximum absolute atomic E-state index is 13.5. The van der Waals surface area contributed by atoms with Crippen LogP contribution in [0.3, 0.4) is 0 Å². The van der Waals surface area contributed by atoms with E-state index in [9.17, 15) is 9.59 Å². The number of benzene rings is 3. The Morgan fingerprint density at radius 2 is 1.77 bits per heavy atom. The molecule has 1 N–H and O–H groups in total. The van der Waals surface area contributed by atoms with Gasteiger partial charge in [0.25, 0.3) is 0 Å². The molecule has 1 heterocycles. The lowest BCUT2D eigenvalue weighted by Crippen LogP contribution is -2.29. The average molecular weight is 486 g/mol. The summed E-state index contributed by atoms with van der Waals surface area (Å²) in [5.74, 6) is -0.701. The first-order valence-electron chi connectivity index (χ1n) is 11.3. The summed E-state index contributed by atoms with van der Waals surface area (Å²) in [6, 6.07) is 20.9. The van der Waals surface area contributed by atoms with Crippen molar-refractivity contribution in [1.29, 1.82) is 0 Å². The predicted molar refractivity (Wildman–Crippen MR) is 135 cm³/mol. The molecule has 0 radical (unpaired) electrons. The second kappa shape index (κ2) is 9.08. The Kier molecular flexibility index (Phi) is 5.95. The van der Waals surface area contributed by atoms with Gasteiger partial charge >= 0.3 is 5.97 Å². The zero-order valence-corrected chi connectivity index (χ0v) is 20.4. The Hall–Kier alpha value is -3.83. The number of halogens is 1. The smallest absolute Gasteiger partial charge is 0.336 e. The van der Waals surface area contributed by atoms with Crippen molar-refractivity contribution in [2.75, 3.05) is 7.11 Å². The van der Waals surface area contributed by atoms with Gasteiger partial charge in [-0.15, -0.1) is 0 Å². The summed E-state index contributed by atoms with van der Waals surface area (Å²) < 4.78 is 11.1. The van der Waals surface area contributed by atoms with Gasteiger partial charge in [0.1, 0.15) is 12.4 Å². The van der Waals surface area contributed by atoms with E-state index in [1.807, 2.05) is 56.3 Å². The monoisotopic (exact) mass is 485 g/mol. The number of fused-ring (bicyclic) bond motifs is 2. The van der Waals surface area contributed by atoms with Gasteiger partial charge in [-0.1, -0.05) is 71.8 Å². The molecular weight excluding hydrogens is 462 g/mol. The lowest BCUT2D eigenvalue weighted by atomic mass is 9.80. The second-order valence-electron chi connectivity index (χ2n) is 8.72. The van der Waals surface area contributed by atoms with Crippen LogP contribution in [0, 0.1) is 6.92 Å². The van der Waals surface area contributed by atoms with Gasteiger partial charge in [0.15, 0.2) is 5.78 Å². The summed E-state index contributed by atoms with van der Waals surface area (Å²) in [5, 5.41) is 3.68. The molecule has 0 fully saturated rings. The second-order valence-corrected chi connectivity index (χ2v) is 9.13. The molecule has 0 bridgehead atoms. The van der Waals surface area contributed by atoms with Crippen molar-refractivity contribution in [3.05, 3.63) is 116 Å². The number of rotatable bonds is 5. The number of nitrogens with one attached hydrogen (secondary N) is 1. The van der Waals surface area contributed by atoms with Crippen molar-refractivity contribution in [3.63, 3.8) is 0 Å². The fourth-order valence-corrected chi connectivity index (χ4v) is 5.06. The molecule has 35 heavy (non-hydrogen) atoms. The molecular formula is C29H24ClNO4. The topological polar surface area (TPSA) is 64.6 Å². The van der Waals surface area contributed by atoms with Gasteiger partial charge in [-0.3, -0.25) is 4.79 Å². The lowest BCUT2D eigenvalue weighted by Gasteiger charge is -2.29. The summed E-state index contributed by atoms with van der Waals surface area (Å²) >= 11 is 6.64. The average Bonchev–Trinajstić information content (AvgIpc) is 3.13. The maximum Gasteiger partial charge on any atom is 0.336 e. The maximum atomic E-state index is 13.5. The molecule has 1 atom stereocenters. The molecule has 2 aliphatic rings. The molecule has 6 heteroatoms. The molecule has 3 aromatic rings. The third-order valence-electron chi connectivity index (χ3n) is 6.42. The minimum atomic E-state index is -0.623. The number of carbonyl (C=O) groups excluding carboxylic acids is 2. The Labute approximate surface area is 209 Å². The van der Waals surface area contributed by atoms with Crippen LogP contribution in [-0.4, -0.2) is 18.9 Å². The van der Waals surface area contributed by atoms with Crippen molar-refractivity contribution >= 4 is 29.1 Å². The van der Waals surface area contributed by atoms with E-state index in [2.05, 4.69) is 11.4 Å². The van der Waals surface area contributed by atoms with E-state index >= 15 is 0 Å². The van der Waals surface area contributed by atoms with Gasteiger partial charge in [0.2, 0.25) is 0 Å². The van der Waals surface area contributed by atoms with Crippen LogP contribution in [0.15, 0.2) is 83.6 Å². The Morgan fingerprint density at radius 1 is 1.00 bits per heavy atom. The van der Waals surface area contributed by atoms with E-state index in [0.717, 1.165) is 22.4 Å². The quantitative estimate of drug-likeness (QED) is 0.451. The number of carbonyl (C=O) groups is 2. The highest BCUT2D eigenvalue weighted by Crippen LogP contribution is 2.47. The van der Waals surface area contributed by atoms with Crippen molar-refractivity contribution in [2.45, 2.75) is 26.4 Å². The number of hydrogen-bond acceptors (Lipinski definition) is 5. The molecule has 0 saturated heterocycles. The Balaban J connectivity index is 1.54. The first-order chi connectivity index (χ1) is 16.9. The number of allylic oxidation sites excluding steroid dienone is 2. The SMILES string of the molecule is COC(=O)C1=C(C)NC2=C(C(=O)c3ccccc32)[C@@H]1c1ccc(OCc2cccc(C)c2)c(Cl)c1. The van der Waals surface area contributed by atoms with Crippen LogP contribution in [-0.2, 0) is 16.1 Å². The molecule has 0 unspecified atom stereocenters. The van der Waals surface area contributed by atoms with Crippen LogP contribution in [0.4, 0.5) is 0 Å². The van der Waals surface area contributed by atoms with Crippen LogP contribution >= 0.6 is 11.6 Å². The minimum Gasteiger partial charge on any atom is -0.487 e. The molecule has 3 aromatic carbocycles. The first kappa shape index (κ1) is 22.9. The molecule has 5 nitrogen and oxygen atoms in total. The fourth-order valence-electron chi connectivity index (χ4n) is 4.82. The van der Waals surface area contributed by atoms with Gasteiger partial charge < -0.3 is 14.8 Å². The fraction of sp³-hybridized carbons (Fsp3) is 0.172. The third kappa shape index (κ3) is 4.02. The zero-order chi connectivity index (χ0) is 24.7. The lowest BCUT2D eigenvalue weighted by molar-refractivity contribution is -0.136. The summed E-state index contributed by atoms with van der Waals surface area (Å²) in [5.41, 5.74) is 6.61. The first-order valence-corrected chi connectivity index (χ1v) is 11.7. The summed E-state index contributed by atoms with van der Waals surface area (Å²) in [7, 11) is 1.34. The van der Waals surface area contributed by atoms with Crippen LogP contribution in [0.1, 0.15) is 45.5 Å². The van der Waals surface area contributed by atoms with Gasteiger partial charge in [0.05, 0.1) is 23.4 Å². The van der Waals surface area contributed by atoms with E-state index in [1.54, 1.807) is 18.2 Å². The van der Waals surface area contributed by atoms with Crippen molar-refractivity contribution in [3.8, 4) is 5.75 Å². The number of dihydropyridines is 1. The highest BCUT2D eigenvalue weighted by Gasteiger charge is 2.42. The summed E-state index contributed by atoms with van der Waals surface area (Å²) in [6.45, 7) is 4.23. The minimum absolute atomic E-state index is 0.113. The number of hydrogen-bond donors (Lipinski definition) is 1. The summed E-state index contributed by atoms with van der Waals surface area (Å²) in [4.78, 5) is 26.3. The van der Waals surface area contributed by atoms with Gasteiger partial charge in [-0.05, 0) is 37.1 Å². The van der Waals surface area contributed by atoms with Gasteiger partial charge in [-0.2, -0.15) is 0 Å². The number of ketones is 1. The molecule has 0 spiro atoms. The Bertz CT molecular complexity index is 1440. The van der Waals surface area contributed by atoms with E-state index < -0.39 is 11.9 Å². The van der Waals surface area contributed by atoms with E-state index in [0.29, 0.717) is 45.3 Å². The van der Waals surface area contributed by atoms with Crippen LogP contribution in [0.2, 0.25) is 5.02 Å². The zero-order valence-electron chi connectivity index (χ0n) is 19.6. The number of Topliss-reactive ketones (excluding diaryl/α,β-unsaturated/α-hetero) is 1. The highest BCUT2D eigenvalue weighted by atomic mass is 35.5. The molecule has 0 aromatic heterocycles. The van der Waals surface area contributed by atoms with E-state index in [-0.39, 0.29) is 5.78 Å².